The van der Waals surface area contributed by atoms with Gasteiger partial charge in [-0.15, -0.1) is 0 Å². The Hall–Kier alpha value is 0.270. The maximum absolute atomic E-state index is 9.41. The predicted molar refractivity (Wildman–Crippen MR) is 56.7 cm³/mol. The summed E-state index contributed by atoms with van der Waals surface area (Å²) in [7, 11) is 0. The molecule has 2 N–H and O–H groups in total. The van der Waals surface area contributed by atoms with Crippen LogP contribution in [0.1, 0.15) is 20.8 Å². The molecule has 1 unspecified atom stereocenters. The Morgan fingerprint density at radius 1 is 1.33 bits per heavy atom. The molecular weight excluding hydrogens is 170 g/mol. The van der Waals surface area contributed by atoms with E-state index in [-0.39, 0.29) is 6.10 Å². The molecule has 2 nitrogen and oxygen atoms in total. The first kappa shape index (κ1) is 12.3. The standard InChI is InChI=1S/C9H21NOS/c1-4-12-7-9(11)6-10-5-8(2)3/h8-11H,4-7H2,1-3H3. The quantitative estimate of drug-likeness (QED) is 0.637. The van der Waals surface area contributed by atoms with Gasteiger partial charge in [-0.2, -0.15) is 11.8 Å². The second-order valence-corrected chi connectivity index (χ2v) is 4.68. The number of hydrogen-bond acceptors (Lipinski definition) is 3. The molecule has 0 heterocycles. The first-order valence-corrected chi connectivity index (χ1v) is 5.78. The molecule has 0 aromatic heterocycles. The normalized spacial score (nSPS) is 13.8. The third kappa shape index (κ3) is 8.37. The molecule has 0 bridgehead atoms. The number of aliphatic hydroxyl groups excluding tert-OH is 1. The molecule has 12 heavy (non-hydrogen) atoms. The number of aliphatic hydroxyl groups is 1. The van der Waals surface area contributed by atoms with Crippen molar-refractivity contribution in [1.82, 2.24) is 5.32 Å². The minimum atomic E-state index is -0.186. The summed E-state index contributed by atoms with van der Waals surface area (Å²) in [4.78, 5) is 0. The molecule has 74 valence electrons. The fraction of sp³-hybridized carbons (Fsp3) is 1.00. The van der Waals surface area contributed by atoms with Crippen molar-refractivity contribution in [1.29, 1.82) is 0 Å². The van der Waals surface area contributed by atoms with E-state index in [9.17, 15) is 5.11 Å². The van der Waals surface area contributed by atoms with Crippen LogP contribution in [0, 0.1) is 5.92 Å². The summed E-state index contributed by atoms with van der Waals surface area (Å²) in [5.41, 5.74) is 0. The molecule has 0 amide bonds. The Kier molecular flexibility index (Phi) is 8.07. The lowest BCUT2D eigenvalue weighted by atomic mass is 10.2. The van der Waals surface area contributed by atoms with Gasteiger partial charge in [0.05, 0.1) is 6.10 Å². The predicted octanol–water partition coefficient (Wildman–Crippen LogP) is 1.35. The summed E-state index contributed by atoms with van der Waals surface area (Å²) in [5.74, 6) is 2.60. The van der Waals surface area contributed by atoms with Crippen LogP contribution in [-0.2, 0) is 0 Å². The second kappa shape index (κ2) is 7.90. The van der Waals surface area contributed by atoms with Crippen molar-refractivity contribution in [2.45, 2.75) is 26.9 Å². The molecule has 0 rings (SSSR count). The Labute approximate surface area is 80.1 Å². The molecule has 0 fully saturated rings. The van der Waals surface area contributed by atoms with E-state index in [1.807, 2.05) is 0 Å². The lowest BCUT2D eigenvalue weighted by Gasteiger charge is -2.12. The van der Waals surface area contributed by atoms with Crippen LogP contribution in [0.4, 0.5) is 0 Å². The summed E-state index contributed by atoms with van der Waals surface area (Å²) in [5, 5.41) is 12.6. The molecule has 0 aliphatic heterocycles. The van der Waals surface area contributed by atoms with E-state index in [0.29, 0.717) is 5.92 Å². The molecule has 1 atom stereocenters. The first-order valence-electron chi connectivity index (χ1n) is 4.63. The van der Waals surface area contributed by atoms with Crippen LogP contribution in [0.5, 0.6) is 0 Å². The summed E-state index contributed by atoms with van der Waals surface area (Å²) < 4.78 is 0. The molecule has 0 aliphatic rings. The first-order chi connectivity index (χ1) is 5.66. The fourth-order valence-electron chi connectivity index (χ4n) is 0.851. The van der Waals surface area contributed by atoms with Crippen molar-refractivity contribution in [3.05, 3.63) is 0 Å². The van der Waals surface area contributed by atoms with Crippen LogP contribution < -0.4 is 5.32 Å². The van der Waals surface area contributed by atoms with Gasteiger partial charge < -0.3 is 10.4 Å². The maximum Gasteiger partial charge on any atom is 0.0754 e. The van der Waals surface area contributed by atoms with Gasteiger partial charge in [-0.25, -0.2) is 0 Å². The van der Waals surface area contributed by atoms with Crippen molar-refractivity contribution >= 4 is 11.8 Å². The van der Waals surface area contributed by atoms with E-state index < -0.39 is 0 Å². The lowest BCUT2D eigenvalue weighted by Crippen LogP contribution is -2.31. The summed E-state index contributed by atoms with van der Waals surface area (Å²) in [6.07, 6.45) is -0.186. The van der Waals surface area contributed by atoms with Gasteiger partial charge in [0.15, 0.2) is 0 Å². The van der Waals surface area contributed by atoms with Crippen LogP contribution in [-0.4, -0.2) is 35.8 Å². The Bertz CT molecular complexity index is 98.5. The number of thioether (sulfide) groups is 1. The van der Waals surface area contributed by atoms with Gasteiger partial charge in [0.2, 0.25) is 0 Å². The Balaban J connectivity index is 3.13. The largest absolute Gasteiger partial charge is 0.391 e. The molecule has 0 spiro atoms. The van der Waals surface area contributed by atoms with E-state index in [2.05, 4.69) is 26.1 Å². The third-order valence-corrected chi connectivity index (χ3v) is 2.48. The molecule has 0 saturated carbocycles. The minimum Gasteiger partial charge on any atom is -0.391 e. The van der Waals surface area contributed by atoms with E-state index >= 15 is 0 Å². The highest BCUT2D eigenvalue weighted by Crippen LogP contribution is 2.00. The molecule has 0 aliphatic carbocycles. The number of hydrogen-bond donors (Lipinski definition) is 2. The highest BCUT2D eigenvalue weighted by Gasteiger charge is 2.02. The second-order valence-electron chi connectivity index (χ2n) is 3.37. The van der Waals surface area contributed by atoms with Crippen LogP contribution in [0.15, 0.2) is 0 Å². The maximum atomic E-state index is 9.41. The molecular formula is C9H21NOS. The zero-order chi connectivity index (χ0) is 9.40. The van der Waals surface area contributed by atoms with Gasteiger partial charge in [-0.1, -0.05) is 20.8 Å². The summed E-state index contributed by atoms with van der Waals surface area (Å²) in [6.45, 7) is 8.16. The van der Waals surface area contributed by atoms with Crippen molar-refractivity contribution in [3.63, 3.8) is 0 Å². The third-order valence-electron chi connectivity index (χ3n) is 1.45. The zero-order valence-electron chi connectivity index (χ0n) is 8.34. The highest BCUT2D eigenvalue weighted by atomic mass is 32.2. The topological polar surface area (TPSA) is 32.3 Å². The number of nitrogens with one attached hydrogen (secondary N) is 1. The molecule has 0 aromatic carbocycles. The number of rotatable bonds is 7. The van der Waals surface area contributed by atoms with Gasteiger partial charge in [-0.05, 0) is 18.2 Å². The summed E-state index contributed by atoms with van der Waals surface area (Å²) in [6, 6.07) is 0. The highest BCUT2D eigenvalue weighted by molar-refractivity contribution is 7.99. The van der Waals surface area contributed by atoms with E-state index in [4.69, 9.17) is 0 Å². The molecule has 3 heteroatoms. The van der Waals surface area contributed by atoms with Crippen LogP contribution in [0.2, 0.25) is 0 Å². The van der Waals surface area contributed by atoms with Crippen molar-refractivity contribution < 1.29 is 5.11 Å². The van der Waals surface area contributed by atoms with E-state index in [1.165, 1.54) is 0 Å². The average Bonchev–Trinajstić information content (AvgIpc) is 2.00. The van der Waals surface area contributed by atoms with Gasteiger partial charge in [0.25, 0.3) is 0 Å². The van der Waals surface area contributed by atoms with Crippen LogP contribution in [0.25, 0.3) is 0 Å². The van der Waals surface area contributed by atoms with E-state index in [1.54, 1.807) is 11.8 Å². The molecule has 0 aromatic rings. The van der Waals surface area contributed by atoms with Gasteiger partial charge >= 0.3 is 0 Å². The monoisotopic (exact) mass is 191 g/mol. The fourth-order valence-corrected chi connectivity index (χ4v) is 1.48. The van der Waals surface area contributed by atoms with Crippen LogP contribution in [0.3, 0.4) is 0 Å². The van der Waals surface area contributed by atoms with Gasteiger partial charge in [-0.3, -0.25) is 0 Å². The molecule has 0 radical (unpaired) electrons. The SMILES string of the molecule is CCSCC(O)CNCC(C)C. The summed E-state index contributed by atoms with van der Waals surface area (Å²) >= 11 is 1.79. The van der Waals surface area contributed by atoms with Crippen molar-refractivity contribution in [2.24, 2.45) is 5.92 Å². The van der Waals surface area contributed by atoms with Gasteiger partial charge in [0.1, 0.15) is 0 Å². The van der Waals surface area contributed by atoms with Crippen molar-refractivity contribution in [3.8, 4) is 0 Å². The lowest BCUT2D eigenvalue weighted by molar-refractivity contribution is 0.194. The molecule has 0 saturated heterocycles. The van der Waals surface area contributed by atoms with E-state index in [0.717, 1.165) is 24.6 Å². The smallest absolute Gasteiger partial charge is 0.0754 e. The Morgan fingerprint density at radius 2 is 2.00 bits per heavy atom. The van der Waals surface area contributed by atoms with Crippen molar-refractivity contribution in [2.75, 3.05) is 24.6 Å². The van der Waals surface area contributed by atoms with Gasteiger partial charge in [0, 0.05) is 12.3 Å². The average molecular weight is 191 g/mol. The minimum absolute atomic E-state index is 0.186. The zero-order valence-corrected chi connectivity index (χ0v) is 9.16. The van der Waals surface area contributed by atoms with Crippen LogP contribution >= 0.6 is 11.8 Å². The Morgan fingerprint density at radius 3 is 2.50 bits per heavy atom.